The lowest BCUT2D eigenvalue weighted by atomic mass is 10.2. The van der Waals surface area contributed by atoms with E-state index in [-0.39, 0.29) is 18.1 Å². The van der Waals surface area contributed by atoms with Gasteiger partial charge < -0.3 is 4.74 Å². The molecule has 0 saturated carbocycles. The summed E-state index contributed by atoms with van der Waals surface area (Å²) in [7, 11) is 0. The first-order chi connectivity index (χ1) is 15.9. The normalized spacial score (nSPS) is 11.1. The number of non-ortho nitro benzene ring substituents is 1. The molecule has 0 atom stereocenters. The van der Waals surface area contributed by atoms with Crippen molar-refractivity contribution in [1.82, 2.24) is 5.43 Å². The van der Waals surface area contributed by atoms with Gasteiger partial charge in [0, 0.05) is 22.2 Å². The van der Waals surface area contributed by atoms with Crippen LogP contribution >= 0.6 is 33.9 Å². The molecule has 0 aliphatic carbocycles. The zero-order valence-electron chi connectivity index (χ0n) is 16.8. The van der Waals surface area contributed by atoms with E-state index in [1.165, 1.54) is 41.8 Å². The highest BCUT2D eigenvalue weighted by molar-refractivity contribution is 14.1. The molecule has 0 radical (unpaired) electrons. The maximum atomic E-state index is 13.3. The molecule has 33 heavy (non-hydrogen) atoms. The van der Waals surface area contributed by atoms with Crippen LogP contribution in [0, 0.1) is 19.5 Å². The maximum Gasteiger partial charge on any atom is 0.281 e. The molecule has 0 spiro atoms. The number of thiophene rings is 1. The number of nitro benzene ring substituents is 1. The van der Waals surface area contributed by atoms with Gasteiger partial charge in [0.1, 0.15) is 18.2 Å². The number of ether oxygens (including phenoxy) is 1. The van der Waals surface area contributed by atoms with Gasteiger partial charge in [-0.25, -0.2) is 9.82 Å². The Morgan fingerprint density at radius 2 is 2.03 bits per heavy atom. The summed E-state index contributed by atoms with van der Waals surface area (Å²) in [5.74, 6) is -0.0587. The number of rotatable bonds is 7. The Hall–Kier alpha value is -3.38. The quantitative estimate of drug-likeness (QED) is 0.129. The second-order valence-electron chi connectivity index (χ2n) is 6.90. The Labute approximate surface area is 205 Å². The number of hydrogen-bond acceptors (Lipinski definition) is 6. The van der Waals surface area contributed by atoms with Crippen LogP contribution in [0.1, 0.15) is 20.8 Å². The first kappa shape index (κ1) is 22.8. The summed E-state index contributed by atoms with van der Waals surface area (Å²) < 4.78 is 20.7. The van der Waals surface area contributed by atoms with Gasteiger partial charge >= 0.3 is 0 Å². The lowest BCUT2D eigenvalue weighted by Gasteiger charge is -2.09. The summed E-state index contributed by atoms with van der Waals surface area (Å²) in [6.45, 7) is 0.246. The smallest absolute Gasteiger partial charge is 0.281 e. The number of amides is 1. The Kier molecular flexibility index (Phi) is 6.94. The van der Waals surface area contributed by atoms with Crippen LogP contribution in [0.15, 0.2) is 71.8 Å². The van der Waals surface area contributed by atoms with Gasteiger partial charge in [-0.3, -0.25) is 14.9 Å². The first-order valence-electron chi connectivity index (χ1n) is 9.57. The van der Waals surface area contributed by atoms with Crippen molar-refractivity contribution >= 4 is 61.8 Å². The van der Waals surface area contributed by atoms with Crippen molar-refractivity contribution in [3.05, 3.63) is 102 Å². The van der Waals surface area contributed by atoms with Gasteiger partial charge in [0.15, 0.2) is 0 Å². The molecule has 4 aromatic rings. The molecule has 1 N–H and O–H groups in total. The molecule has 4 rings (SSSR count). The third-order valence-corrected chi connectivity index (χ3v) is 6.51. The number of carbonyl (C=O) groups is 1. The predicted octanol–water partition coefficient (Wildman–Crippen LogP) is 5.90. The van der Waals surface area contributed by atoms with Crippen LogP contribution in [0.25, 0.3) is 10.1 Å². The van der Waals surface area contributed by atoms with E-state index in [1.54, 1.807) is 36.4 Å². The molecular formula is C23H15FIN3O4S. The third kappa shape index (κ3) is 5.71. The molecule has 3 aromatic carbocycles. The monoisotopic (exact) mass is 575 g/mol. The summed E-state index contributed by atoms with van der Waals surface area (Å²) in [6, 6.07) is 17.7. The van der Waals surface area contributed by atoms with Crippen molar-refractivity contribution in [3.63, 3.8) is 0 Å². The second kappa shape index (κ2) is 10.0. The van der Waals surface area contributed by atoms with Crippen molar-refractivity contribution in [2.45, 2.75) is 6.61 Å². The number of fused-ring (bicyclic) bond motifs is 1. The number of nitrogens with zero attached hydrogens (tertiary/aromatic N) is 2. The molecule has 1 amide bonds. The predicted molar refractivity (Wildman–Crippen MR) is 133 cm³/mol. The van der Waals surface area contributed by atoms with Gasteiger partial charge in [-0.1, -0.05) is 12.1 Å². The van der Waals surface area contributed by atoms with Crippen LogP contribution in [0.3, 0.4) is 0 Å². The topological polar surface area (TPSA) is 93.8 Å². The van der Waals surface area contributed by atoms with Gasteiger partial charge in [-0.2, -0.15) is 5.10 Å². The number of hydrogen-bond donors (Lipinski definition) is 1. The van der Waals surface area contributed by atoms with Gasteiger partial charge in [-0.05, 0) is 76.2 Å². The summed E-state index contributed by atoms with van der Waals surface area (Å²) in [5.41, 5.74) is 3.93. The summed E-state index contributed by atoms with van der Waals surface area (Å²) >= 11 is 3.36. The average molecular weight is 575 g/mol. The number of benzene rings is 3. The molecular weight excluding hydrogens is 560 g/mol. The maximum absolute atomic E-state index is 13.3. The molecule has 1 heterocycles. The van der Waals surface area contributed by atoms with E-state index in [4.69, 9.17) is 4.74 Å². The van der Waals surface area contributed by atoms with Crippen LogP contribution in [-0.4, -0.2) is 17.0 Å². The highest BCUT2D eigenvalue weighted by atomic mass is 127. The lowest BCUT2D eigenvalue weighted by molar-refractivity contribution is -0.384. The molecule has 7 nitrogen and oxygen atoms in total. The molecule has 166 valence electrons. The first-order valence-corrected chi connectivity index (χ1v) is 11.5. The van der Waals surface area contributed by atoms with E-state index in [2.05, 4.69) is 33.1 Å². The molecule has 10 heteroatoms. The van der Waals surface area contributed by atoms with Gasteiger partial charge in [0.25, 0.3) is 11.6 Å². The SMILES string of the molecule is O=C(N/N=C\c1ccc(OCc2cccc(F)c2)c(I)c1)c1cc2cc([N+](=O)[O-])ccc2s1. The van der Waals surface area contributed by atoms with Gasteiger partial charge in [-0.15, -0.1) is 11.3 Å². The molecule has 0 bridgehead atoms. The van der Waals surface area contributed by atoms with Crippen LogP contribution < -0.4 is 10.2 Å². The van der Waals surface area contributed by atoms with Crippen molar-refractivity contribution in [3.8, 4) is 5.75 Å². The minimum absolute atomic E-state index is 0.0248. The van der Waals surface area contributed by atoms with Crippen LogP contribution in [-0.2, 0) is 6.61 Å². The van der Waals surface area contributed by atoms with Crippen LogP contribution in [0.4, 0.5) is 10.1 Å². The fourth-order valence-corrected chi connectivity index (χ4v) is 4.61. The molecule has 0 saturated heterocycles. The highest BCUT2D eigenvalue weighted by Crippen LogP contribution is 2.29. The van der Waals surface area contributed by atoms with E-state index in [9.17, 15) is 19.3 Å². The molecule has 0 aliphatic heterocycles. The van der Waals surface area contributed by atoms with Crippen LogP contribution in [0.2, 0.25) is 0 Å². The van der Waals surface area contributed by atoms with Crippen molar-refractivity contribution in [1.29, 1.82) is 0 Å². The summed E-state index contributed by atoms with van der Waals surface area (Å²) in [5, 5.41) is 15.5. The van der Waals surface area contributed by atoms with Gasteiger partial charge in [0.05, 0.1) is 19.6 Å². The third-order valence-electron chi connectivity index (χ3n) is 4.55. The Bertz CT molecular complexity index is 1390. The van der Waals surface area contributed by atoms with Crippen LogP contribution in [0.5, 0.6) is 5.75 Å². The molecule has 0 unspecified atom stereocenters. The van der Waals surface area contributed by atoms with E-state index in [0.717, 1.165) is 19.4 Å². The molecule has 0 aliphatic rings. The minimum atomic E-state index is -0.472. The van der Waals surface area contributed by atoms with E-state index >= 15 is 0 Å². The lowest BCUT2D eigenvalue weighted by Crippen LogP contribution is -2.16. The fourth-order valence-electron chi connectivity index (χ4n) is 2.98. The average Bonchev–Trinajstić information content (AvgIpc) is 3.22. The Morgan fingerprint density at radius 3 is 2.79 bits per heavy atom. The summed E-state index contributed by atoms with van der Waals surface area (Å²) in [4.78, 5) is 23.2. The zero-order valence-corrected chi connectivity index (χ0v) is 19.8. The standard InChI is InChI=1S/C23H15FIN3O4S/c24-17-3-1-2-15(8-17)13-32-20-6-4-14(9-19(20)25)12-26-27-23(29)22-11-16-10-18(28(30)31)5-7-21(16)33-22/h1-12H,13H2,(H,27,29)/b26-12-. The largest absolute Gasteiger partial charge is 0.488 e. The number of nitro groups is 1. The number of carbonyl (C=O) groups excluding carboxylic acids is 1. The Morgan fingerprint density at radius 1 is 1.18 bits per heavy atom. The number of hydrazone groups is 1. The highest BCUT2D eigenvalue weighted by Gasteiger charge is 2.13. The minimum Gasteiger partial charge on any atom is -0.488 e. The number of halogens is 2. The van der Waals surface area contributed by atoms with Crippen molar-refractivity contribution in [2.24, 2.45) is 5.10 Å². The molecule has 1 aromatic heterocycles. The number of nitrogens with one attached hydrogen (secondary N) is 1. The van der Waals surface area contributed by atoms with Crippen molar-refractivity contribution < 1.29 is 18.8 Å². The van der Waals surface area contributed by atoms with E-state index < -0.39 is 10.8 Å². The zero-order chi connectivity index (χ0) is 23.4. The van der Waals surface area contributed by atoms with E-state index in [1.807, 2.05) is 6.07 Å². The Balaban J connectivity index is 1.37. The molecule has 0 fully saturated rings. The summed E-state index contributed by atoms with van der Waals surface area (Å²) in [6.07, 6.45) is 1.51. The van der Waals surface area contributed by atoms with Gasteiger partial charge in [0.2, 0.25) is 0 Å². The second-order valence-corrected chi connectivity index (χ2v) is 9.14. The van der Waals surface area contributed by atoms with Crippen molar-refractivity contribution in [2.75, 3.05) is 0 Å². The fraction of sp³-hybridized carbons (Fsp3) is 0.0435. The van der Waals surface area contributed by atoms with E-state index in [0.29, 0.717) is 16.0 Å².